The van der Waals surface area contributed by atoms with Gasteiger partial charge in [-0.3, -0.25) is 4.79 Å². The number of benzene rings is 1. The van der Waals surface area contributed by atoms with Gasteiger partial charge in [-0.15, -0.1) is 0 Å². The molecule has 3 rings (SSSR count). The second-order valence-electron chi connectivity index (χ2n) is 6.43. The van der Waals surface area contributed by atoms with E-state index in [-0.39, 0.29) is 27.7 Å². The number of carbonyl (C=O) groups excluding carboxylic acids is 1. The normalized spacial score (nSPS) is 16.8. The Bertz CT molecular complexity index is 866. The van der Waals surface area contributed by atoms with Crippen molar-refractivity contribution in [1.82, 2.24) is 15.6 Å². The van der Waals surface area contributed by atoms with Crippen LogP contribution in [0.25, 0.3) is 0 Å². The average Bonchev–Trinajstić information content (AvgIpc) is 3.11. The number of nitrogens with one attached hydrogen (secondary N) is 3. The first-order valence-corrected chi connectivity index (χ1v) is 9.01. The summed E-state index contributed by atoms with van der Waals surface area (Å²) < 4.78 is 18.3. The zero-order valence-corrected chi connectivity index (χ0v) is 16.0. The highest BCUT2D eigenvalue weighted by Crippen LogP contribution is 2.30. The molecule has 2 aromatic rings. The minimum atomic E-state index is -0.548. The monoisotopic (exact) mass is 440 g/mol. The van der Waals surface area contributed by atoms with Gasteiger partial charge in [-0.2, -0.15) is 0 Å². The summed E-state index contributed by atoms with van der Waals surface area (Å²) in [5.74, 6) is -0.737. The number of nitrogens with zero attached hydrogens (tertiary/aromatic N) is 3. The molecule has 0 saturated carbocycles. The van der Waals surface area contributed by atoms with Crippen molar-refractivity contribution in [1.29, 1.82) is 0 Å². The van der Waals surface area contributed by atoms with Crippen molar-refractivity contribution in [2.24, 2.45) is 10.6 Å². The van der Waals surface area contributed by atoms with Crippen molar-refractivity contribution >= 4 is 39.2 Å². The summed E-state index contributed by atoms with van der Waals surface area (Å²) in [4.78, 5) is 12.7. The van der Waals surface area contributed by atoms with Crippen molar-refractivity contribution in [3.63, 3.8) is 0 Å². The van der Waals surface area contributed by atoms with E-state index >= 15 is 0 Å². The average molecular weight is 441 g/mol. The standard InChI is InChI=1S/C16H18BrFN6O3/c1-16(4-6-19-7-5-16)15(25)21-14-12(23-27-24-14)13(22-26)20-9-2-3-11(18)10(17)8-9/h2-3,8,19,26H,4-7H2,1H3,(H,20,22)(H,21,24,25). The van der Waals surface area contributed by atoms with Gasteiger partial charge < -0.3 is 21.2 Å². The Morgan fingerprint density at radius 1 is 1.37 bits per heavy atom. The number of anilines is 2. The lowest BCUT2D eigenvalue weighted by Gasteiger charge is -2.32. The van der Waals surface area contributed by atoms with Gasteiger partial charge in [-0.05, 0) is 70.4 Å². The molecule has 1 fully saturated rings. The lowest BCUT2D eigenvalue weighted by atomic mass is 9.80. The van der Waals surface area contributed by atoms with Crippen LogP contribution in [0.2, 0.25) is 0 Å². The topological polar surface area (TPSA) is 125 Å². The summed E-state index contributed by atoms with van der Waals surface area (Å²) in [5, 5.41) is 28.6. The van der Waals surface area contributed by atoms with Crippen LogP contribution in [0.3, 0.4) is 0 Å². The van der Waals surface area contributed by atoms with Gasteiger partial charge in [0.25, 0.3) is 0 Å². The van der Waals surface area contributed by atoms with E-state index in [9.17, 15) is 14.4 Å². The fourth-order valence-corrected chi connectivity index (χ4v) is 3.11. The van der Waals surface area contributed by atoms with Gasteiger partial charge in [0.05, 0.1) is 4.47 Å². The molecule has 1 aliphatic heterocycles. The maximum absolute atomic E-state index is 13.4. The third kappa shape index (κ3) is 4.25. The van der Waals surface area contributed by atoms with Crippen molar-refractivity contribution in [2.45, 2.75) is 19.8 Å². The Morgan fingerprint density at radius 3 is 2.78 bits per heavy atom. The highest BCUT2D eigenvalue weighted by atomic mass is 79.9. The highest BCUT2D eigenvalue weighted by Gasteiger charge is 2.36. The van der Waals surface area contributed by atoms with Crippen LogP contribution in [-0.4, -0.2) is 40.4 Å². The van der Waals surface area contributed by atoms with Crippen LogP contribution in [0.15, 0.2) is 32.5 Å². The highest BCUT2D eigenvalue weighted by molar-refractivity contribution is 9.10. The predicted molar refractivity (Wildman–Crippen MR) is 99.2 cm³/mol. The Balaban J connectivity index is 1.78. The van der Waals surface area contributed by atoms with Gasteiger partial charge in [0, 0.05) is 11.1 Å². The van der Waals surface area contributed by atoms with E-state index < -0.39 is 11.2 Å². The molecule has 1 amide bonds. The Hall–Kier alpha value is -2.53. The molecule has 1 saturated heterocycles. The first kappa shape index (κ1) is 19.2. The van der Waals surface area contributed by atoms with Crippen LogP contribution in [0.5, 0.6) is 0 Å². The van der Waals surface area contributed by atoms with Crippen molar-refractivity contribution in [3.8, 4) is 0 Å². The number of hydrogen-bond acceptors (Lipinski definition) is 7. The molecule has 1 aliphatic rings. The number of rotatable bonds is 4. The molecule has 9 nitrogen and oxygen atoms in total. The second-order valence-corrected chi connectivity index (χ2v) is 7.28. The number of amides is 1. The van der Waals surface area contributed by atoms with Crippen LogP contribution in [-0.2, 0) is 4.79 Å². The van der Waals surface area contributed by atoms with Gasteiger partial charge in [-0.1, -0.05) is 12.1 Å². The Morgan fingerprint density at radius 2 is 2.11 bits per heavy atom. The summed E-state index contributed by atoms with van der Waals surface area (Å²) in [6.45, 7) is 3.38. The molecule has 0 unspecified atom stereocenters. The predicted octanol–water partition coefficient (Wildman–Crippen LogP) is 2.55. The minimum absolute atomic E-state index is 0.0174. The minimum Gasteiger partial charge on any atom is -0.409 e. The lowest BCUT2D eigenvalue weighted by molar-refractivity contribution is -0.126. The number of piperidine rings is 1. The third-order valence-electron chi connectivity index (χ3n) is 4.48. The lowest BCUT2D eigenvalue weighted by Crippen LogP contribution is -2.43. The summed E-state index contributed by atoms with van der Waals surface area (Å²) >= 11 is 3.08. The first-order chi connectivity index (χ1) is 12.9. The quantitative estimate of drug-likeness (QED) is 0.249. The van der Waals surface area contributed by atoms with E-state index in [1.807, 2.05) is 6.92 Å². The van der Waals surface area contributed by atoms with Crippen LogP contribution in [0, 0.1) is 11.2 Å². The molecular formula is C16H18BrFN6O3. The van der Waals surface area contributed by atoms with Crippen molar-refractivity contribution in [3.05, 3.63) is 34.2 Å². The number of halogens is 2. The molecule has 11 heteroatoms. The summed E-state index contributed by atoms with van der Waals surface area (Å²) in [6.07, 6.45) is 1.37. The zero-order chi connectivity index (χ0) is 19.4. The van der Waals surface area contributed by atoms with Gasteiger partial charge >= 0.3 is 0 Å². The number of hydrogen-bond donors (Lipinski definition) is 4. The fraction of sp³-hybridized carbons (Fsp3) is 0.375. The molecule has 0 atom stereocenters. The molecule has 0 radical (unpaired) electrons. The maximum Gasteiger partial charge on any atom is 0.231 e. The number of amidine groups is 1. The first-order valence-electron chi connectivity index (χ1n) is 8.22. The van der Waals surface area contributed by atoms with Gasteiger partial charge in [-0.25, -0.2) is 9.02 Å². The third-order valence-corrected chi connectivity index (χ3v) is 5.09. The van der Waals surface area contributed by atoms with E-state index in [4.69, 9.17) is 4.63 Å². The smallest absolute Gasteiger partial charge is 0.231 e. The van der Waals surface area contributed by atoms with Crippen molar-refractivity contribution < 1.29 is 19.0 Å². The van der Waals surface area contributed by atoms with E-state index in [2.05, 4.69) is 47.3 Å². The second kappa shape index (κ2) is 8.01. The molecule has 0 spiro atoms. The van der Waals surface area contributed by atoms with Crippen molar-refractivity contribution in [2.75, 3.05) is 23.7 Å². The molecule has 4 N–H and O–H groups in total. The SMILES string of the molecule is CC1(C(=O)Nc2nonc2/C(=N\O)Nc2ccc(F)c(Br)c2)CCNCC1. The van der Waals surface area contributed by atoms with Crippen LogP contribution in [0.4, 0.5) is 15.9 Å². The van der Waals surface area contributed by atoms with Crippen LogP contribution in [0.1, 0.15) is 25.5 Å². The van der Waals surface area contributed by atoms with E-state index in [0.29, 0.717) is 18.5 Å². The largest absolute Gasteiger partial charge is 0.409 e. The van der Waals surface area contributed by atoms with Gasteiger partial charge in [0.1, 0.15) is 5.82 Å². The summed E-state index contributed by atoms with van der Waals surface area (Å²) in [7, 11) is 0. The molecular weight excluding hydrogens is 423 g/mol. The molecule has 1 aromatic heterocycles. The molecule has 1 aromatic carbocycles. The summed E-state index contributed by atoms with van der Waals surface area (Å²) in [5.41, 5.74) is -0.0988. The van der Waals surface area contributed by atoms with E-state index in [1.165, 1.54) is 18.2 Å². The summed E-state index contributed by atoms with van der Waals surface area (Å²) in [6, 6.07) is 4.15. The molecule has 144 valence electrons. The van der Waals surface area contributed by atoms with E-state index in [0.717, 1.165) is 13.1 Å². The van der Waals surface area contributed by atoms with Crippen LogP contribution < -0.4 is 16.0 Å². The fourth-order valence-electron chi connectivity index (χ4n) is 2.73. The van der Waals surface area contributed by atoms with E-state index in [1.54, 1.807) is 0 Å². The zero-order valence-electron chi connectivity index (χ0n) is 14.4. The number of aromatic nitrogens is 2. The number of carbonyl (C=O) groups is 1. The maximum atomic E-state index is 13.4. The number of oxime groups is 1. The van der Waals surface area contributed by atoms with Crippen LogP contribution >= 0.6 is 15.9 Å². The Labute approximate surface area is 162 Å². The molecule has 27 heavy (non-hydrogen) atoms. The molecule has 0 aliphatic carbocycles. The molecule has 2 heterocycles. The Kier molecular flexibility index (Phi) is 5.71. The van der Waals surface area contributed by atoms with Gasteiger partial charge in [0.15, 0.2) is 5.69 Å². The molecule has 0 bridgehead atoms. The van der Waals surface area contributed by atoms with Gasteiger partial charge in [0.2, 0.25) is 17.6 Å².